The fourth-order valence-corrected chi connectivity index (χ4v) is 5.87. The zero-order valence-corrected chi connectivity index (χ0v) is 18.1. The number of hydrogen-bond donors (Lipinski definition) is 0. The van der Waals surface area contributed by atoms with Crippen LogP contribution in [0.5, 0.6) is 0 Å². The van der Waals surface area contributed by atoms with Gasteiger partial charge in [-0.15, -0.1) is 0 Å². The largest absolute Gasteiger partial charge is 0.369 e. The lowest BCUT2D eigenvalue weighted by Gasteiger charge is -2.34. The molecular weight excluding hydrogens is 410 g/mol. The second-order valence-corrected chi connectivity index (χ2v) is 9.98. The Bertz CT molecular complexity index is 977. The Morgan fingerprint density at radius 2 is 1.90 bits per heavy atom. The normalized spacial score (nSPS) is 21.5. The van der Waals surface area contributed by atoms with Crippen LogP contribution in [0.3, 0.4) is 0 Å². The van der Waals surface area contributed by atoms with E-state index in [2.05, 4.69) is 4.98 Å². The SMILES string of the molecule is Cc1cc(Cc2ccccc2Cl)cc([C@H]2CN(S(=O)(=O)N3CCCC3)CCO2)n1. The minimum Gasteiger partial charge on any atom is -0.369 e. The molecule has 0 amide bonds. The van der Waals surface area contributed by atoms with Gasteiger partial charge in [-0.1, -0.05) is 29.8 Å². The lowest BCUT2D eigenvalue weighted by Crippen LogP contribution is -2.48. The van der Waals surface area contributed by atoms with Gasteiger partial charge in [-0.2, -0.15) is 17.0 Å². The van der Waals surface area contributed by atoms with E-state index in [0.29, 0.717) is 39.2 Å². The Kier molecular flexibility index (Phi) is 6.22. The van der Waals surface area contributed by atoms with Crippen LogP contribution in [0.25, 0.3) is 0 Å². The van der Waals surface area contributed by atoms with Crippen molar-refractivity contribution in [2.45, 2.75) is 32.3 Å². The molecule has 156 valence electrons. The summed E-state index contributed by atoms with van der Waals surface area (Å²) in [6.45, 7) is 4.20. The van der Waals surface area contributed by atoms with E-state index >= 15 is 0 Å². The molecule has 0 saturated carbocycles. The molecule has 2 fully saturated rings. The maximum Gasteiger partial charge on any atom is 0.282 e. The molecule has 0 N–H and O–H groups in total. The number of benzene rings is 1. The topological polar surface area (TPSA) is 62.7 Å². The van der Waals surface area contributed by atoms with Crippen molar-refractivity contribution in [3.8, 4) is 0 Å². The van der Waals surface area contributed by atoms with Gasteiger partial charge in [0.1, 0.15) is 6.10 Å². The summed E-state index contributed by atoms with van der Waals surface area (Å²) >= 11 is 6.32. The maximum atomic E-state index is 12.9. The highest BCUT2D eigenvalue weighted by atomic mass is 35.5. The van der Waals surface area contributed by atoms with Gasteiger partial charge in [0.25, 0.3) is 10.2 Å². The third kappa shape index (κ3) is 4.64. The summed E-state index contributed by atoms with van der Waals surface area (Å²) in [4.78, 5) is 4.64. The van der Waals surface area contributed by atoms with E-state index in [4.69, 9.17) is 16.3 Å². The predicted molar refractivity (Wildman–Crippen MR) is 113 cm³/mol. The molecule has 1 aromatic heterocycles. The second kappa shape index (κ2) is 8.70. The Hall–Kier alpha value is -1.51. The van der Waals surface area contributed by atoms with Gasteiger partial charge in [-0.3, -0.25) is 4.98 Å². The van der Waals surface area contributed by atoms with Crippen molar-refractivity contribution in [1.29, 1.82) is 0 Å². The van der Waals surface area contributed by atoms with Crippen LogP contribution in [0.15, 0.2) is 36.4 Å². The average Bonchev–Trinajstić information content (AvgIpc) is 3.25. The van der Waals surface area contributed by atoms with E-state index in [-0.39, 0.29) is 6.10 Å². The van der Waals surface area contributed by atoms with Crippen LogP contribution in [-0.4, -0.2) is 54.8 Å². The number of pyridine rings is 1. The van der Waals surface area contributed by atoms with Crippen molar-refractivity contribution in [3.05, 3.63) is 63.9 Å². The molecule has 0 spiro atoms. The van der Waals surface area contributed by atoms with Crippen molar-refractivity contribution in [2.24, 2.45) is 0 Å². The molecule has 0 unspecified atom stereocenters. The van der Waals surface area contributed by atoms with Crippen molar-refractivity contribution in [2.75, 3.05) is 32.8 Å². The molecule has 8 heteroatoms. The number of nitrogens with zero attached hydrogens (tertiary/aromatic N) is 3. The molecule has 0 bridgehead atoms. The van der Waals surface area contributed by atoms with Gasteiger partial charge in [0.2, 0.25) is 0 Å². The van der Waals surface area contributed by atoms with Gasteiger partial charge in [-0.05, 0) is 55.5 Å². The van der Waals surface area contributed by atoms with E-state index in [9.17, 15) is 8.42 Å². The molecule has 2 aliphatic rings. The lowest BCUT2D eigenvalue weighted by atomic mass is 10.0. The van der Waals surface area contributed by atoms with Crippen LogP contribution < -0.4 is 0 Å². The first-order valence-corrected chi connectivity index (χ1v) is 11.8. The van der Waals surface area contributed by atoms with E-state index < -0.39 is 10.2 Å². The van der Waals surface area contributed by atoms with Crippen molar-refractivity contribution < 1.29 is 13.2 Å². The highest BCUT2D eigenvalue weighted by Gasteiger charge is 2.36. The Morgan fingerprint density at radius 1 is 1.14 bits per heavy atom. The van der Waals surface area contributed by atoms with Crippen molar-refractivity contribution in [3.63, 3.8) is 0 Å². The number of aromatic nitrogens is 1. The summed E-state index contributed by atoms with van der Waals surface area (Å²) in [6, 6.07) is 11.8. The minimum absolute atomic E-state index is 0.292. The van der Waals surface area contributed by atoms with Gasteiger partial charge >= 0.3 is 0 Å². The van der Waals surface area contributed by atoms with Crippen LogP contribution in [-0.2, 0) is 21.4 Å². The number of morpholine rings is 1. The van der Waals surface area contributed by atoms with Gasteiger partial charge < -0.3 is 4.74 Å². The maximum absolute atomic E-state index is 12.9. The summed E-state index contributed by atoms with van der Waals surface area (Å²) < 4.78 is 34.9. The smallest absolute Gasteiger partial charge is 0.282 e. The van der Waals surface area contributed by atoms with Gasteiger partial charge in [0, 0.05) is 36.9 Å². The molecule has 29 heavy (non-hydrogen) atoms. The Morgan fingerprint density at radius 3 is 2.66 bits per heavy atom. The molecule has 2 saturated heterocycles. The van der Waals surface area contributed by atoms with Crippen LogP contribution in [0.4, 0.5) is 0 Å². The summed E-state index contributed by atoms with van der Waals surface area (Å²) in [7, 11) is -3.44. The van der Waals surface area contributed by atoms with Gasteiger partial charge in [-0.25, -0.2) is 0 Å². The minimum atomic E-state index is -3.44. The third-order valence-electron chi connectivity index (χ3n) is 5.46. The van der Waals surface area contributed by atoms with E-state index in [0.717, 1.165) is 40.4 Å². The molecule has 0 radical (unpaired) electrons. The zero-order chi connectivity index (χ0) is 20.4. The molecule has 0 aliphatic carbocycles. The predicted octanol–water partition coefficient (Wildman–Crippen LogP) is 3.35. The van der Waals surface area contributed by atoms with E-state index in [1.165, 1.54) is 0 Å². The standard InChI is InChI=1S/C21H26ClN3O3S/c1-16-12-17(13-18-6-2-3-7-19(18)22)14-20(23-16)21-15-25(10-11-28-21)29(26,27)24-8-4-5-9-24/h2-3,6-7,12,14,21H,4-5,8-11,13,15H2,1H3/t21-/m1/s1. The van der Waals surface area contributed by atoms with Crippen molar-refractivity contribution in [1.82, 2.24) is 13.6 Å². The molecule has 2 aromatic rings. The first kappa shape index (κ1) is 20.8. The first-order valence-electron chi connectivity index (χ1n) is 10.0. The monoisotopic (exact) mass is 435 g/mol. The van der Waals surface area contributed by atoms with Crippen LogP contribution >= 0.6 is 11.6 Å². The van der Waals surface area contributed by atoms with Crippen LogP contribution in [0, 0.1) is 6.92 Å². The van der Waals surface area contributed by atoms with Gasteiger partial charge in [0.15, 0.2) is 0 Å². The lowest BCUT2D eigenvalue weighted by molar-refractivity contribution is -0.00656. The molecular formula is C21H26ClN3O3S. The molecule has 2 aliphatic heterocycles. The first-order chi connectivity index (χ1) is 13.9. The molecule has 6 nitrogen and oxygen atoms in total. The summed E-state index contributed by atoms with van der Waals surface area (Å²) in [5.41, 5.74) is 3.79. The second-order valence-electron chi connectivity index (χ2n) is 7.64. The van der Waals surface area contributed by atoms with Crippen LogP contribution in [0.1, 0.15) is 41.5 Å². The summed E-state index contributed by atoms with van der Waals surface area (Å²) in [5, 5.41) is 0.736. The average molecular weight is 436 g/mol. The van der Waals surface area contributed by atoms with Gasteiger partial charge in [0.05, 0.1) is 12.3 Å². The fraction of sp³-hybridized carbons (Fsp3) is 0.476. The fourth-order valence-electron chi connectivity index (χ4n) is 3.99. The summed E-state index contributed by atoms with van der Waals surface area (Å²) in [6.07, 6.45) is 2.18. The van der Waals surface area contributed by atoms with E-state index in [1.54, 1.807) is 8.61 Å². The number of ether oxygens (including phenoxy) is 1. The third-order valence-corrected chi connectivity index (χ3v) is 7.83. The highest BCUT2D eigenvalue weighted by molar-refractivity contribution is 7.86. The zero-order valence-electron chi connectivity index (χ0n) is 16.6. The Balaban J connectivity index is 1.54. The van der Waals surface area contributed by atoms with Crippen LogP contribution in [0.2, 0.25) is 5.02 Å². The Labute approximate surface area is 177 Å². The number of halogens is 1. The molecule has 3 heterocycles. The number of aryl methyl sites for hydroxylation is 1. The molecule has 1 aromatic carbocycles. The molecule has 4 rings (SSSR count). The number of hydrogen-bond acceptors (Lipinski definition) is 4. The quantitative estimate of drug-likeness (QED) is 0.722. The number of rotatable bonds is 5. The summed E-state index contributed by atoms with van der Waals surface area (Å²) in [5.74, 6) is 0. The highest BCUT2D eigenvalue weighted by Crippen LogP contribution is 2.27. The van der Waals surface area contributed by atoms with Crippen molar-refractivity contribution >= 4 is 21.8 Å². The van der Waals surface area contributed by atoms with E-state index in [1.807, 2.05) is 43.3 Å². The molecule has 1 atom stereocenters.